The Morgan fingerprint density at radius 1 is 0.952 bits per heavy atom. The molecule has 0 aliphatic heterocycles. The molecule has 4 bridgehead atoms. The molecule has 4 aliphatic rings. The summed E-state index contributed by atoms with van der Waals surface area (Å²) in [6.07, 6.45) is 6.60. The molecule has 1 nitrogen and oxygen atoms in total. The van der Waals surface area contributed by atoms with Gasteiger partial charge in [0.1, 0.15) is 0 Å². The summed E-state index contributed by atoms with van der Waals surface area (Å²) < 4.78 is 2.16. The van der Waals surface area contributed by atoms with Crippen LogP contribution in [0.4, 0.5) is 0 Å². The topological polar surface area (TPSA) is 20.2 Å². The number of halogens is 2. The SMILES string of the molecule is Cc1cc(Br)c(C(O)C2C3CC4CC(C3)CC2C4)cc1Br. The zero-order valence-corrected chi connectivity index (χ0v) is 15.5. The standard InChI is InChI=1S/C18H22Br2O/c1-9-2-16(20)14(8-15(9)19)18(21)17-12-4-10-3-11(6-12)7-13(17)5-10/h2,8,10-13,17-18,21H,3-7H2,1H3. The van der Waals surface area contributed by atoms with Crippen molar-refractivity contribution < 1.29 is 5.11 Å². The van der Waals surface area contributed by atoms with Gasteiger partial charge in [0.25, 0.3) is 0 Å². The number of benzene rings is 1. The summed E-state index contributed by atoms with van der Waals surface area (Å²) in [5.74, 6) is 3.91. The molecule has 0 aromatic heterocycles. The van der Waals surface area contributed by atoms with Gasteiger partial charge in [0, 0.05) is 8.95 Å². The molecule has 4 fully saturated rings. The van der Waals surface area contributed by atoms with E-state index in [1.807, 2.05) is 0 Å². The molecule has 0 spiro atoms. The van der Waals surface area contributed by atoms with Gasteiger partial charge >= 0.3 is 0 Å². The minimum atomic E-state index is -0.314. The molecule has 3 heteroatoms. The molecule has 21 heavy (non-hydrogen) atoms. The van der Waals surface area contributed by atoms with Crippen LogP contribution in [0.5, 0.6) is 0 Å². The van der Waals surface area contributed by atoms with E-state index in [1.54, 1.807) is 0 Å². The summed E-state index contributed by atoms with van der Waals surface area (Å²) in [6, 6.07) is 4.24. The molecular formula is C18H22Br2O. The summed E-state index contributed by atoms with van der Waals surface area (Å²) >= 11 is 7.29. The fraction of sp³-hybridized carbons (Fsp3) is 0.667. The van der Waals surface area contributed by atoms with E-state index in [4.69, 9.17) is 0 Å². The quantitative estimate of drug-likeness (QED) is 0.666. The van der Waals surface area contributed by atoms with Crippen LogP contribution in [-0.4, -0.2) is 5.11 Å². The predicted octanol–water partition coefficient (Wildman–Crippen LogP) is 5.63. The van der Waals surface area contributed by atoms with Crippen LogP contribution >= 0.6 is 31.9 Å². The number of aliphatic hydroxyl groups excluding tert-OH is 1. The Kier molecular flexibility index (Phi) is 3.75. The molecule has 4 aliphatic carbocycles. The highest BCUT2D eigenvalue weighted by atomic mass is 79.9. The summed E-state index contributed by atoms with van der Waals surface area (Å²) in [6.45, 7) is 2.09. The monoisotopic (exact) mass is 412 g/mol. The van der Waals surface area contributed by atoms with Crippen LogP contribution < -0.4 is 0 Å². The van der Waals surface area contributed by atoms with E-state index in [0.29, 0.717) is 5.92 Å². The molecule has 1 N–H and O–H groups in total. The van der Waals surface area contributed by atoms with Gasteiger partial charge in [0.15, 0.2) is 0 Å². The van der Waals surface area contributed by atoms with Crippen molar-refractivity contribution in [3.05, 3.63) is 32.2 Å². The fourth-order valence-electron chi connectivity index (χ4n) is 5.58. The normalized spacial score (nSPS) is 38.8. The van der Waals surface area contributed by atoms with Crippen LogP contribution in [0.2, 0.25) is 0 Å². The molecule has 0 radical (unpaired) electrons. The average molecular weight is 414 g/mol. The second-order valence-electron chi connectivity index (χ2n) is 7.58. The van der Waals surface area contributed by atoms with Crippen molar-refractivity contribution in [2.75, 3.05) is 0 Å². The lowest BCUT2D eigenvalue weighted by atomic mass is 9.50. The molecular weight excluding hydrogens is 392 g/mol. The highest BCUT2D eigenvalue weighted by Crippen LogP contribution is 2.59. The lowest BCUT2D eigenvalue weighted by Crippen LogP contribution is -2.47. The van der Waals surface area contributed by atoms with Gasteiger partial charge in [0.05, 0.1) is 6.10 Å². The second kappa shape index (κ2) is 5.35. The molecule has 0 amide bonds. The minimum absolute atomic E-state index is 0.314. The Labute approximate surface area is 143 Å². The van der Waals surface area contributed by atoms with Crippen molar-refractivity contribution in [3.63, 3.8) is 0 Å². The molecule has 0 heterocycles. The van der Waals surface area contributed by atoms with Gasteiger partial charge < -0.3 is 5.11 Å². The molecule has 1 unspecified atom stereocenters. The zero-order chi connectivity index (χ0) is 14.7. The zero-order valence-electron chi connectivity index (χ0n) is 12.4. The molecule has 0 saturated heterocycles. The number of rotatable bonds is 2. The van der Waals surface area contributed by atoms with Crippen LogP contribution in [0.25, 0.3) is 0 Å². The summed E-state index contributed by atoms with van der Waals surface area (Å²) in [5.41, 5.74) is 2.29. The van der Waals surface area contributed by atoms with Gasteiger partial charge in [-0.2, -0.15) is 0 Å². The van der Waals surface area contributed by atoms with Crippen molar-refractivity contribution in [1.29, 1.82) is 0 Å². The van der Waals surface area contributed by atoms with E-state index in [1.165, 1.54) is 37.7 Å². The maximum absolute atomic E-state index is 11.1. The second-order valence-corrected chi connectivity index (χ2v) is 9.28. The number of hydrogen-bond acceptors (Lipinski definition) is 1. The predicted molar refractivity (Wildman–Crippen MR) is 92.1 cm³/mol. The van der Waals surface area contributed by atoms with Gasteiger partial charge in [-0.15, -0.1) is 0 Å². The fourth-order valence-corrected chi connectivity index (χ4v) is 6.63. The van der Waals surface area contributed by atoms with Crippen molar-refractivity contribution in [3.8, 4) is 0 Å². The smallest absolute Gasteiger partial charge is 0.0834 e. The highest BCUT2D eigenvalue weighted by Gasteiger charge is 2.50. The van der Waals surface area contributed by atoms with Crippen LogP contribution in [-0.2, 0) is 0 Å². The van der Waals surface area contributed by atoms with Gasteiger partial charge in [-0.25, -0.2) is 0 Å². The highest BCUT2D eigenvalue weighted by molar-refractivity contribution is 9.11. The average Bonchev–Trinajstić information content (AvgIpc) is 2.41. The lowest BCUT2D eigenvalue weighted by Gasteiger charge is -2.55. The van der Waals surface area contributed by atoms with E-state index < -0.39 is 0 Å². The van der Waals surface area contributed by atoms with Crippen molar-refractivity contribution >= 4 is 31.9 Å². The molecule has 5 rings (SSSR count). The third kappa shape index (κ3) is 2.44. The molecule has 114 valence electrons. The van der Waals surface area contributed by atoms with Gasteiger partial charge in [-0.1, -0.05) is 31.9 Å². The van der Waals surface area contributed by atoms with Crippen LogP contribution in [0.15, 0.2) is 21.1 Å². The Bertz CT molecular complexity index is 541. The Hall–Kier alpha value is 0.140. The first kappa shape index (κ1) is 14.7. The minimum Gasteiger partial charge on any atom is -0.388 e. The molecule has 1 aromatic rings. The Balaban J connectivity index is 1.66. The number of hydrogen-bond donors (Lipinski definition) is 1. The van der Waals surface area contributed by atoms with Gasteiger partial charge in [0.2, 0.25) is 0 Å². The number of aryl methyl sites for hydroxylation is 1. The first-order valence-corrected chi connectivity index (χ1v) is 9.75. The molecule has 1 aromatic carbocycles. The van der Waals surface area contributed by atoms with E-state index in [2.05, 4.69) is 50.9 Å². The number of aliphatic hydroxyl groups is 1. The first-order valence-electron chi connectivity index (χ1n) is 8.16. The first-order chi connectivity index (χ1) is 10.0. The van der Waals surface area contributed by atoms with E-state index in [0.717, 1.165) is 38.2 Å². The van der Waals surface area contributed by atoms with Crippen molar-refractivity contribution in [2.24, 2.45) is 29.6 Å². The maximum atomic E-state index is 11.1. The Morgan fingerprint density at radius 2 is 1.52 bits per heavy atom. The molecule has 4 saturated carbocycles. The maximum Gasteiger partial charge on any atom is 0.0834 e. The summed E-state index contributed by atoms with van der Waals surface area (Å²) in [7, 11) is 0. The van der Waals surface area contributed by atoms with Gasteiger partial charge in [-0.3, -0.25) is 0 Å². The molecule has 1 atom stereocenters. The van der Waals surface area contributed by atoms with Crippen LogP contribution in [0, 0.1) is 36.5 Å². The van der Waals surface area contributed by atoms with Crippen molar-refractivity contribution in [1.82, 2.24) is 0 Å². The summed E-state index contributed by atoms with van der Waals surface area (Å²) in [4.78, 5) is 0. The summed E-state index contributed by atoms with van der Waals surface area (Å²) in [5, 5.41) is 11.1. The van der Waals surface area contributed by atoms with Gasteiger partial charge in [-0.05, 0) is 91.9 Å². The van der Waals surface area contributed by atoms with Crippen molar-refractivity contribution in [2.45, 2.75) is 45.1 Å². The lowest BCUT2D eigenvalue weighted by molar-refractivity contribution is -0.0910. The van der Waals surface area contributed by atoms with Crippen LogP contribution in [0.1, 0.15) is 49.3 Å². The van der Waals surface area contributed by atoms with Crippen LogP contribution in [0.3, 0.4) is 0 Å². The van der Waals surface area contributed by atoms with E-state index >= 15 is 0 Å². The third-order valence-corrected chi connectivity index (χ3v) is 7.80. The van der Waals surface area contributed by atoms with E-state index in [-0.39, 0.29) is 6.10 Å². The largest absolute Gasteiger partial charge is 0.388 e. The Morgan fingerprint density at radius 3 is 2.10 bits per heavy atom. The van der Waals surface area contributed by atoms with E-state index in [9.17, 15) is 5.11 Å². The third-order valence-electron chi connectivity index (χ3n) is 6.26.